The highest BCUT2D eigenvalue weighted by Gasteiger charge is 2.35. The van der Waals surface area contributed by atoms with E-state index in [1.807, 2.05) is 20.8 Å². The number of hydrogen-bond donors (Lipinski definition) is 1. The molecule has 0 aromatic carbocycles. The normalized spacial score (nSPS) is 32.2. The Morgan fingerprint density at radius 2 is 2.27 bits per heavy atom. The molecule has 1 saturated heterocycles. The van der Waals surface area contributed by atoms with Crippen LogP contribution in [0.25, 0.3) is 0 Å². The summed E-state index contributed by atoms with van der Waals surface area (Å²) in [6, 6.07) is 0. The Bertz CT molecular complexity index is 133. The molecule has 1 aliphatic rings. The highest BCUT2D eigenvalue weighted by molar-refractivity contribution is 4.74. The molecule has 0 aliphatic carbocycles. The zero-order chi connectivity index (χ0) is 8.48. The summed E-state index contributed by atoms with van der Waals surface area (Å²) in [7, 11) is 0. The van der Waals surface area contributed by atoms with E-state index < -0.39 is 5.79 Å². The molecule has 0 spiro atoms. The Kier molecular flexibility index (Phi) is 2.52. The monoisotopic (exact) mass is 160 g/mol. The van der Waals surface area contributed by atoms with Crippen LogP contribution in [0.5, 0.6) is 0 Å². The molecule has 1 fully saturated rings. The molecular formula is C8H16O3. The number of rotatable bonds is 2. The van der Waals surface area contributed by atoms with E-state index in [0.29, 0.717) is 6.61 Å². The van der Waals surface area contributed by atoms with Crippen LogP contribution in [-0.2, 0) is 9.47 Å². The largest absolute Gasteiger partial charge is 0.396 e. The average Bonchev–Trinajstić information content (AvgIpc) is 2.29. The van der Waals surface area contributed by atoms with Crippen molar-refractivity contribution in [2.24, 2.45) is 5.92 Å². The fraction of sp³-hybridized carbons (Fsp3) is 1.00. The smallest absolute Gasteiger partial charge is 0.163 e. The molecule has 0 bridgehead atoms. The molecule has 2 atom stereocenters. The molecule has 11 heavy (non-hydrogen) atoms. The second-order valence-electron chi connectivity index (χ2n) is 3.53. The van der Waals surface area contributed by atoms with Crippen LogP contribution < -0.4 is 0 Å². The lowest BCUT2D eigenvalue weighted by Gasteiger charge is -2.19. The minimum atomic E-state index is -0.464. The number of ether oxygens (including phenoxy) is 2. The van der Waals surface area contributed by atoms with Gasteiger partial charge in [0.2, 0.25) is 0 Å². The first-order valence-electron chi connectivity index (χ1n) is 3.98. The minimum absolute atomic E-state index is 0.0509. The van der Waals surface area contributed by atoms with E-state index in [0.717, 1.165) is 0 Å². The molecule has 1 heterocycles. The first kappa shape index (κ1) is 8.97. The fourth-order valence-corrected chi connectivity index (χ4v) is 1.11. The first-order chi connectivity index (χ1) is 5.05. The standard InChI is InChI=1S/C8H16O3/c1-6(4-9)7-5-10-8(2,3)11-7/h6-7,9H,4-5H2,1-3H3/t6-,7+/m0/s1. The summed E-state index contributed by atoms with van der Waals surface area (Å²) in [5.41, 5.74) is 0. The lowest BCUT2D eigenvalue weighted by Crippen LogP contribution is -2.26. The summed E-state index contributed by atoms with van der Waals surface area (Å²) < 4.78 is 10.9. The summed E-state index contributed by atoms with van der Waals surface area (Å²) in [4.78, 5) is 0. The van der Waals surface area contributed by atoms with Crippen molar-refractivity contribution in [2.75, 3.05) is 13.2 Å². The van der Waals surface area contributed by atoms with Crippen LogP contribution in [0.2, 0.25) is 0 Å². The van der Waals surface area contributed by atoms with E-state index in [4.69, 9.17) is 14.6 Å². The summed E-state index contributed by atoms with van der Waals surface area (Å²) in [6.45, 7) is 6.47. The third kappa shape index (κ3) is 2.15. The van der Waals surface area contributed by atoms with E-state index in [1.54, 1.807) is 0 Å². The van der Waals surface area contributed by atoms with Crippen molar-refractivity contribution in [1.82, 2.24) is 0 Å². The summed E-state index contributed by atoms with van der Waals surface area (Å²) in [6.07, 6.45) is 0.0509. The maximum Gasteiger partial charge on any atom is 0.163 e. The Balaban J connectivity index is 2.41. The van der Waals surface area contributed by atoms with Gasteiger partial charge in [0.1, 0.15) is 0 Å². The van der Waals surface area contributed by atoms with Crippen LogP contribution in [-0.4, -0.2) is 30.2 Å². The SMILES string of the molecule is C[C@@H](CO)[C@H]1COC(C)(C)O1. The molecular weight excluding hydrogens is 144 g/mol. The molecule has 0 aromatic rings. The van der Waals surface area contributed by atoms with Crippen molar-refractivity contribution >= 4 is 0 Å². The zero-order valence-electron chi connectivity index (χ0n) is 7.33. The maximum atomic E-state index is 8.83. The van der Waals surface area contributed by atoms with Crippen molar-refractivity contribution in [1.29, 1.82) is 0 Å². The van der Waals surface area contributed by atoms with Gasteiger partial charge >= 0.3 is 0 Å². The lowest BCUT2D eigenvalue weighted by atomic mass is 10.1. The molecule has 0 radical (unpaired) electrons. The van der Waals surface area contributed by atoms with E-state index in [-0.39, 0.29) is 18.6 Å². The van der Waals surface area contributed by atoms with E-state index >= 15 is 0 Å². The molecule has 0 unspecified atom stereocenters. The van der Waals surface area contributed by atoms with Crippen molar-refractivity contribution in [3.63, 3.8) is 0 Å². The summed E-state index contributed by atoms with van der Waals surface area (Å²) >= 11 is 0. The predicted molar refractivity (Wildman–Crippen MR) is 41.2 cm³/mol. The second kappa shape index (κ2) is 3.09. The van der Waals surface area contributed by atoms with Gasteiger partial charge in [-0.2, -0.15) is 0 Å². The van der Waals surface area contributed by atoms with Crippen molar-refractivity contribution in [3.8, 4) is 0 Å². The topological polar surface area (TPSA) is 38.7 Å². The summed E-state index contributed by atoms with van der Waals surface area (Å²) in [5, 5.41) is 8.83. The molecule has 0 aromatic heterocycles. The molecule has 1 rings (SSSR count). The van der Waals surface area contributed by atoms with Crippen molar-refractivity contribution in [2.45, 2.75) is 32.7 Å². The highest BCUT2D eigenvalue weighted by atomic mass is 16.7. The van der Waals surface area contributed by atoms with Crippen LogP contribution >= 0.6 is 0 Å². The van der Waals surface area contributed by atoms with Crippen LogP contribution in [0.15, 0.2) is 0 Å². The van der Waals surface area contributed by atoms with Gasteiger partial charge < -0.3 is 14.6 Å². The van der Waals surface area contributed by atoms with Crippen molar-refractivity contribution in [3.05, 3.63) is 0 Å². The Morgan fingerprint density at radius 1 is 1.64 bits per heavy atom. The quantitative estimate of drug-likeness (QED) is 0.648. The minimum Gasteiger partial charge on any atom is -0.396 e. The summed E-state index contributed by atoms with van der Waals surface area (Å²) in [5.74, 6) is -0.301. The molecule has 3 nitrogen and oxygen atoms in total. The van der Waals surface area contributed by atoms with Crippen molar-refractivity contribution < 1.29 is 14.6 Å². The number of aliphatic hydroxyl groups is 1. The van der Waals surface area contributed by atoms with E-state index in [9.17, 15) is 0 Å². The third-order valence-corrected chi connectivity index (χ3v) is 1.95. The van der Waals surface area contributed by atoms with E-state index in [2.05, 4.69) is 0 Å². The van der Waals surface area contributed by atoms with Gasteiger partial charge in [-0.05, 0) is 13.8 Å². The van der Waals surface area contributed by atoms with E-state index in [1.165, 1.54) is 0 Å². The van der Waals surface area contributed by atoms with Gasteiger partial charge in [-0.25, -0.2) is 0 Å². The lowest BCUT2D eigenvalue weighted by molar-refractivity contribution is -0.145. The Labute approximate surface area is 67.3 Å². The molecule has 66 valence electrons. The molecule has 1 aliphatic heterocycles. The molecule has 0 amide bonds. The van der Waals surface area contributed by atoms with Gasteiger partial charge in [0, 0.05) is 12.5 Å². The van der Waals surface area contributed by atoms with Gasteiger partial charge in [-0.3, -0.25) is 0 Å². The van der Waals surface area contributed by atoms with Gasteiger partial charge in [-0.15, -0.1) is 0 Å². The molecule has 1 N–H and O–H groups in total. The first-order valence-corrected chi connectivity index (χ1v) is 3.98. The maximum absolute atomic E-state index is 8.83. The predicted octanol–water partition coefficient (Wildman–Crippen LogP) is 0.766. The number of hydrogen-bond acceptors (Lipinski definition) is 3. The Morgan fingerprint density at radius 3 is 2.64 bits per heavy atom. The number of aliphatic hydroxyl groups excluding tert-OH is 1. The van der Waals surface area contributed by atoms with Crippen LogP contribution in [0.1, 0.15) is 20.8 Å². The van der Waals surface area contributed by atoms with Crippen LogP contribution in [0.4, 0.5) is 0 Å². The highest BCUT2D eigenvalue weighted by Crippen LogP contribution is 2.26. The van der Waals surface area contributed by atoms with Gasteiger partial charge in [-0.1, -0.05) is 6.92 Å². The second-order valence-corrected chi connectivity index (χ2v) is 3.53. The third-order valence-electron chi connectivity index (χ3n) is 1.95. The fourth-order valence-electron chi connectivity index (χ4n) is 1.11. The molecule has 3 heteroatoms. The Hall–Kier alpha value is -0.120. The van der Waals surface area contributed by atoms with Gasteiger partial charge in [0.05, 0.1) is 12.7 Å². The van der Waals surface area contributed by atoms with Crippen LogP contribution in [0.3, 0.4) is 0 Å². The average molecular weight is 160 g/mol. The molecule has 0 saturated carbocycles. The zero-order valence-corrected chi connectivity index (χ0v) is 7.33. The van der Waals surface area contributed by atoms with Crippen LogP contribution in [0, 0.1) is 5.92 Å². The van der Waals surface area contributed by atoms with Gasteiger partial charge in [0.25, 0.3) is 0 Å². The van der Waals surface area contributed by atoms with Gasteiger partial charge in [0.15, 0.2) is 5.79 Å².